The summed E-state index contributed by atoms with van der Waals surface area (Å²) in [5.41, 5.74) is 0.250. The Morgan fingerprint density at radius 3 is 2.82 bits per heavy atom. The molecule has 1 aromatic rings. The first-order chi connectivity index (χ1) is 5.14. The molecular formula is C7H12BrN3. The fraction of sp³-hybridized carbons (Fsp3) is 0.714. The highest BCUT2D eigenvalue weighted by molar-refractivity contribution is 9.09. The van der Waals surface area contributed by atoms with E-state index in [1.54, 1.807) is 6.33 Å². The van der Waals surface area contributed by atoms with Gasteiger partial charge in [0.05, 0.1) is 0 Å². The van der Waals surface area contributed by atoms with Crippen molar-refractivity contribution in [2.75, 3.05) is 5.33 Å². The van der Waals surface area contributed by atoms with Gasteiger partial charge in [-0.1, -0.05) is 29.8 Å². The highest BCUT2D eigenvalue weighted by Gasteiger charge is 2.17. The van der Waals surface area contributed by atoms with Gasteiger partial charge in [0, 0.05) is 11.8 Å². The molecule has 0 radical (unpaired) electrons. The molecule has 1 heterocycles. The van der Waals surface area contributed by atoms with Gasteiger partial charge in [-0.2, -0.15) is 5.10 Å². The SMILES string of the molecule is CC(C)(CBr)Cc1ncn[nH]1. The molecule has 0 aliphatic carbocycles. The lowest BCUT2D eigenvalue weighted by Gasteiger charge is -2.19. The highest BCUT2D eigenvalue weighted by Crippen LogP contribution is 2.21. The summed E-state index contributed by atoms with van der Waals surface area (Å²) in [5, 5.41) is 7.61. The fourth-order valence-electron chi connectivity index (χ4n) is 0.817. The van der Waals surface area contributed by atoms with Gasteiger partial charge in [0.1, 0.15) is 12.2 Å². The Labute approximate surface area is 74.7 Å². The van der Waals surface area contributed by atoms with Gasteiger partial charge < -0.3 is 0 Å². The average molecular weight is 218 g/mol. The number of aromatic nitrogens is 3. The van der Waals surface area contributed by atoms with Gasteiger partial charge >= 0.3 is 0 Å². The Morgan fingerprint density at radius 1 is 1.64 bits per heavy atom. The van der Waals surface area contributed by atoms with E-state index in [1.165, 1.54) is 0 Å². The van der Waals surface area contributed by atoms with Gasteiger partial charge in [0.25, 0.3) is 0 Å². The maximum absolute atomic E-state index is 4.06. The Balaban J connectivity index is 2.56. The topological polar surface area (TPSA) is 41.6 Å². The molecule has 0 aliphatic rings. The summed E-state index contributed by atoms with van der Waals surface area (Å²) in [7, 11) is 0. The molecule has 0 atom stereocenters. The van der Waals surface area contributed by atoms with E-state index in [4.69, 9.17) is 0 Å². The summed E-state index contributed by atoms with van der Waals surface area (Å²) in [6, 6.07) is 0. The maximum atomic E-state index is 4.06. The predicted molar refractivity (Wildman–Crippen MR) is 47.7 cm³/mol. The van der Waals surface area contributed by atoms with Crippen molar-refractivity contribution >= 4 is 15.9 Å². The summed E-state index contributed by atoms with van der Waals surface area (Å²) >= 11 is 3.45. The van der Waals surface area contributed by atoms with Crippen molar-refractivity contribution in [2.45, 2.75) is 20.3 Å². The molecule has 11 heavy (non-hydrogen) atoms. The van der Waals surface area contributed by atoms with Gasteiger partial charge in [0.15, 0.2) is 0 Å². The quantitative estimate of drug-likeness (QED) is 0.785. The van der Waals surface area contributed by atoms with Gasteiger partial charge in [0.2, 0.25) is 0 Å². The third kappa shape index (κ3) is 2.61. The van der Waals surface area contributed by atoms with Crippen LogP contribution in [0.25, 0.3) is 0 Å². The van der Waals surface area contributed by atoms with Gasteiger partial charge in [-0.25, -0.2) is 4.98 Å². The molecule has 0 unspecified atom stereocenters. The largest absolute Gasteiger partial charge is 0.263 e. The van der Waals surface area contributed by atoms with Crippen LogP contribution in [0.2, 0.25) is 0 Å². The lowest BCUT2D eigenvalue weighted by Crippen LogP contribution is -2.17. The summed E-state index contributed by atoms with van der Waals surface area (Å²) in [4.78, 5) is 4.06. The van der Waals surface area contributed by atoms with E-state index in [1.807, 2.05) is 0 Å². The number of rotatable bonds is 3. The van der Waals surface area contributed by atoms with E-state index in [-0.39, 0.29) is 5.41 Å². The zero-order valence-electron chi connectivity index (χ0n) is 6.76. The second-order valence-electron chi connectivity index (χ2n) is 3.41. The van der Waals surface area contributed by atoms with Crippen LogP contribution in [0, 0.1) is 5.41 Å². The van der Waals surface area contributed by atoms with Crippen LogP contribution in [0.15, 0.2) is 6.33 Å². The van der Waals surface area contributed by atoms with Crippen LogP contribution in [-0.4, -0.2) is 20.5 Å². The van der Waals surface area contributed by atoms with E-state index < -0.39 is 0 Å². The minimum absolute atomic E-state index is 0.250. The van der Waals surface area contributed by atoms with E-state index in [2.05, 4.69) is 45.0 Å². The molecule has 0 amide bonds. The summed E-state index contributed by atoms with van der Waals surface area (Å²) in [6.07, 6.45) is 2.47. The Kier molecular flexibility index (Phi) is 2.65. The summed E-state index contributed by atoms with van der Waals surface area (Å²) in [5.74, 6) is 0.953. The zero-order chi connectivity index (χ0) is 8.32. The average Bonchev–Trinajstić information content (AvgIpc) is 2.39. The number of nitrogens with one attached hydrogen (secondary N) is 1. The van der Waals surface area contributed by atoms with Crippen LogP contribution in [0.1, 0.15) is 19.7 Å². The molecule has 0 saturated carbocycles. The minimum Gasteiger partial charge on any atom is -0.263 e. The van der Waals surface area contributed by atoms with E-state index in [0.29, 0.717) is 0 Å². The lowest BCUT2D eigenvalue weighted by molar-refractivity contribution is 0.414. The molecule has 0 aliphatic heterocycles. The number of hydrogen-bond donors (Lipinski definition) is 1. The first kappa shape index (κ1) is 8.71. The first-order valence-electron chi connectivity index (χ1n) is 3.54. The number of halogens is 1. The molecule has 0 saturated heterocycles. The van der Waals surface area contributed by atoms with Gasteiger partial charge in [-0.05, 0) is 5.41 Å². The molecule has 0 spiro atoms. The standard InChI is InChI=1S/C7H12BrN3/c1-7(2,4-8)3-6-9-5-10-11-6/h5H,3-4H2,1-2H3,(H,9,10,11). The first-order valence-corrected chi connectivity index (χ1v) is 4.66. The van der Waals surface area contributed by atoms with E-state index in [9.17, 15) is 0 Å². The van der Waals surface area contributed by atoms with Crippen molar-refractivity contribution in [1.29, 1.82) is 0 Å². The van der Waals surface area contributed by atoms with Crippen LogP contribution in [0.5, 0.6) is 0 Å². The molecule has 4 heteroatoms. The van der Waals surface area contributed by atoms with Crippen molar-refractivity contribution in [3.63, 3.8) is 0 Å². The number of H-pyrrole nitrogens is 1. The number of alkyl halides is 1. The fourth-order valence-corrected chi connectivity index (χ4v) is 1.01. The molecule has 3 nitrogen and oxygen atoms in total. The van der Waals surface area contributed by atoms with Crippen molar-refractivity contribution in [3.8, 4) is 0 Å². The van der Waals surface area contributed by atoms with E-state index in [0.717, 1.165) is 17.6 Å². The van der Waals surface area contributed by atoms with Crippen LogP contribution in [0.3, 0.4) is 0 Å². The predicted octanol–water partition coefficient (Wildman–Crippen LogP) is 1.77. The Bertz CT molecular complexity index is 205. The van der Waals surface area contributed by atoms with Crippen molar-refractivity contribution < 1.29 is 0 Å². The smallest absolute Gasteiger partial charge is 0.137 e. The Hall–Kier alpha value is -0.380. The van der Waals surface area contributed by atoms with Crippen LogP contribution in [0.4, 0.5) is 0 Å². The molecule has 0 fully saturated rings. The summed E-state index contributed by atoms with van der Waals surface area (Å²) < 4.78 is 0. The monoisotopic (exact) mass is 217 g/mol. The van der Waals surface area contributed by atoms with Gasteiger partial charge in [-0.15, -0.1) is 0 Å². The molecule has 0 aromatic carbocycles. The number of aromatic amines is 1. The third-order valence-electron chi connectivity index (χ3n) is 1.47. The second kappa shape index (κ2) is 3.34. The number of hydrogen-bond acceptors (Lipinski definition) is 2. The zero-order valence-corrected chi connectivity index (χ0v) is 8.35. The van der Waals surface area contributed by atoms with Gasteiger partial charge in [-0.3, -0.25) is 5.10 Å². The molecule has 0 bridgehead atoms. The van der Waals surface area contributed by atoms with Crippen LogP contribution in [-0.2, 0) is 6.42 Å². The lowest BCUT2D eigenvalue weighted by atomic mass is 9.92. The normalized spacial score (nSPS) is 11.9. The molecule has 1 aromatic heterocycles. The van der Waals surface area contributed by atoms with E-state index >= 15 is 0 Å². The van der Waals surface area contributed by atoms with Crippen molar-refractivity contribution in [1.82, 2.24) is 15.2 Å². The number of nitrogens with zero attached hydrogens (tertiary/aromatic N) is 2. The second-order valence-corrected chi connectivity index (χ2v) is 3.97. The Morgan fingerprint density at radius 2 is 2.36 bits per heavy atom. The molecular weight excluding hydrogens is 206 g/mol. The van der Waals surface area contributed by atoms with Crippen molar-refractivity contribution in [2.24, 2.45) is 5.41 Å². The van der Waals surface area contributed by atoms with Crippen molar-refractivity contribution in [3.05, 3.63) is 12.2 Å². The molecule has 1 rings (SSSR count). The highest BCUT2D eigenvalue weighted by atomic mass is 79.9. The van der Waals surface area contributed by atoms with Crippen LogP contribution >= 0.6 is 15.9 Å². The third-order valence-corrected chi connectivity index (χ3v) is 2.99. The van der Waals surface area contributed by atoms with Crippen LogP contribution < -0.4 is 0 Å². The molecule has 1 N–H and O–H groups in total. The summed E-state index contributed by atoms with van der Waals surface area (Å²) in [6.45, 7) is 4.37. The minimum atomic E-state index is 0.250. The maximum Gasteiger partial charge on any atom is 0.137 e. The molecule has 62 valence electrons.